The van der Waals surface area contributed by atoms with Gasteiger partial charge in [-0.25, -0.2) is 0 Å². The number of amides is 1. The summed E-state index contributed by atoms with van der Waals surface area (Å²) in [6, 6.07) is 0.224. The molecule has 40 heavy (non-hydrogen) atoms. The van der Waals surface area contributed by atoms with Gasteiger partial charge in [-0.3, -0.25) is 9.93 Å². The second-order valence-corrected chi connectivity index (χ2v) is 13.7. The monoisotopic (exact) mass is 620 g/mol. The average Bonchev–Trinajstić information content (AvgIpc) is 3.26. The number of nitrogens with zero attached hydrogens (tertiary/aromatic N) is 2. The van der Waals surface area contributed by atoms with Crippen LogP contribution in [0, 0.1) is 29.1 Å². The second-order valence-electron chi connectivity index (χ2n) is 12.4. The second kappa shape index (κ2) is 22.3. The molecule has 0 aromatic heterocycles. The van der Waals surface area contributed by atoms with E-state index in [1.807, 2.05) is 0 Å². The van der Waals surface area contributed by atoms with Crippen molar-refractivity contribution in [2.75, 3.05) is 45.0 Å². The highest BCUT2D eigenvalue weighted by molar-refractivity contribution is 7.97. The number of likely N-dealkylation sites (tertiary alicyclic amines) is 2. The fraction of sp³-hybridized carbons (Fsp3) is 0.964. The fourth-order valence-corrected chi connectivity index (χ4v) is 7.39. The number of nitrogens with two attached hydrogens (primary N) is 1. The van der Waals surface area contributed by atoms with Gasteiger partial charge in [0.15, 0.2) is 0 Å². The summed E-state index contributed by atoms with van der Waals surface area (Å²) in [5.74, 6) is 3.52. The molecule has 0 bridgehead atoms. The molecule has 246 valence electrons. The Morgan fingerprint density at radius 1 is 0.975 bits per heavy atom. The maximum atomic E-state index is 13.1. The minimum absolute atomic E-state index is 0. The third kappa shape index (κ3) is 13.8. The van der Waals surface area contributed by atoms with E-state index in [2.05, 4.69) is 42.8 Å². The van der Waals surface area contributed by atoms with Gasteiger partial charge in [-0.2, -0.15) is 0 Å². The number of hydrogen-bond donors (Lipinski definition) is 2. The first-order chi connectivity index (χ1) is 16.2. The molecule has 3 aliphatic rings. The lowest BCUT2D eigenvalue weighted by Gasteiger charge is -2.49. The first-order valence-electron chi connectivity index (χ1n) is 13.9. The number of halogens is 1. The van der Waals surface area contributed by atoms with Crippen molar-refractivity contribution in [3.05, 3.63) is 0 Å². The summed E-state index contributed by atoms with van der Waals surface area (Å²) in [5, 5.41) is 9.39. The molecular formula is C28H65ClN4O6S. The highest BCUT2D eigenvalue weighted by atomic mass is 35.5. The van der Waals surface area contributed by atoms with Gasteiger partial charge in [0.2, 0.25) is 5.91 Å². The smallest absolute Gasteiger partial charge is 0.224 e. The molecule has 1 aliphatic carbocycles. The predicted molar refractivity (Wildman–Crippen MR) is 172 cm³/mol. The Morgan fingerprint density at radius 2 is 1.57 bits per heavy atom. The molecule has 3 rings (SSSR count). The van der Waals surface area contributed by atoms with Crippen LogP contribution in [0.5, 0.6) is 0 Å². The van der Waals surface area contributed by atoms with Gasteiger partial charge in [0.25, 0.3) is 0 Å². The van der Waals surface area contributed by atoms with Gasteiger partial charge in [0.05, 0.1) is 5.92 Å². The SMILES string of the molecule is C.CC(C)[C@H](CN1CC[C@H](C2CCC(Cl)CC2)C(C)(C)C1)NC(=O)[C@@H]1CCN(CCCCSN)C1.O.O.O.O.O. The van der Waals surface area contributed by atoms with E-state index in [0.29, 0.717) is 16.7 Å². The lowest BCUT2D eigenvalue weighted by molar-refractivity contribution is -0.126. The topological polar surface area (TPSA) is 219 Å². The van der Waals surface area contributed by atoms with Crippen molar-refractivity contribution in [1.82, 2.24) is 15.1 Å². The normalized spacial score (nSPS) is 26.9. The van der Waals surface area contributed by atoms with Gasteiger partial charge in [-0.05, 0) is 94.2 Å². The van der Waals surface area contributed by atoms with Crippen LogP contribution in [0.1, 0.15) is 86.5 Å². The Bertz CT molecular complexity index is 644. The van der Waals surface area contributed by atoms with Gasteiger partial charge in [0, 0.05) is 36.8 Å². The highest BCUT2D eigenvalue weighted by Gasteiger charge is 2.41. The van der Waals surface area contributed by atoms with Crippen LogP contribution in [0.15, 0.2) is 0 Å². The summed E-state index contributed by atoms with van der Waals surface area (Å²) < 4.78 is 0. The van der Waals surface area contributed by atoms with Crippen molar-refractivity contribution >= 4 is 29.5 Å². The molecule has 0 radical (unpaired) electrons. The largest absolute Gasteiger partial charge is 0.412 e. The summed E-state index contributed by atoms with van der Waals surface area (Å²) in [6.45, 7) is 15.8. The number of carbonyl (C=O) groups is 1. The number of nitrogens with one attached hydrogen (secondary N) is 1. The summed E-state index contributed by atoms with van der Waals surface area (Å²) in [6.07, 6.45) is 9.59. The van der Waals surface area contributed by atoms with Crippen molar-refractivity contribution in [2.45, 2.75) is 97.9 Å². The zero-order chi connectivity index (χ0) is 24.7. The molecule has 1 amide bonds. The minimum atomic E-state index is 0. The van der Waals surface area contributed by atoms with E-state index in [4.69, 9.17) is 16.7 Å². The van der Waals surface area contributed by atoms with Crippen LogP contribution in [-0.4, -0.2) is 99.5 Å². The lowest BCUT2D eigenvalue weighted by atomic mass is 9.64. The maximum Gasteiger partial charge on any atom is 0.224 e. The van der Waals surface area contributed by atoms with Crippen LogP contribution < -0.4 is 10.5 Å². The summed E-state index contributed by atoms with van der Waals surface area (Å²) in [7, 11) is 0. The Morgan fingerprint density at radius 3 is 2.12 bits per heavy atom. The van der Waals surface area contributed by atoms with E-state index in [0.717, 1.165) is 69.7 Å². The molecule has 2 aliphatic heterocycles. The van der Waals surface area contributed by atoms with Gasteiger partial charge in [-0.1, -0.05) is 47.1 Å². The molecule has 3 atom stereocenters. The van der Waals surface area contributed by atoms with Gasteiger partial charge >= 0.3 is 0 Å². The van der Waals surface area contributed by atoms with Crippen molar-refractivity contribution in [3.63, 3.8) is 0 Å². The van der Waals surface area contributed by atoms with Crippen LogP contribution in [0.3, 0.4) is 0 Å². The van der Waals surface area contributed by atoms with Gasteiger partial charge in [-0.15, -0.1) is 11.6 Å². The van der Waals surface area contributed by atoms with Crippen LogP contribution >= 0.6 is 23.5 Å². The van der Waals surface area contributed by atoms with Gasteiger partial charge < -0.3 is 42.5 Å². The van der Waals surface area contributed by atoms with E-state index >= 15 is 0 Å². The summed E-state index contributed by atoms with van der Waals surface area (Å²) in [4.78, 5) is 18.2. The standard InChI is InChI=1S/C27H51ClN4OS.CH4.5H2O/c1-20(2)25(30-26(33)22-11-14-31(17-22)13-5-6-16-34-29)18-32-15-12-24(27(3,4)19-32)21-7-9-23(28)10-8-21;;;;;;/h20-25H,5-19,29H2,1-4H3,(H,30,33);1H4;5*1H2/t21?,22-,23?,24-,25+;;;;;;/m1....../s1. The number of alkyl halides is 1. The molecule has 0 aromatic carbocycles. The van der Waals surface area contributed by atoms with E-state index in [9.17, 15) is 4.79 Å². The number of hydrogen-bond acceptors (Lipinski definition) is 5. The zero-order valence-corrected chi connectivity index (χ0v) is 26.3. The molecule has 0 unspecified atom stereocenters. The third-order valence-corrected chi connectivity index (χ3v) is 9.84. The van der Waals surface area contributed by atoms with Crippen LogP contribution in [0.2, 0.25) is 0 Å². The molecule has 13 N–H and O–H groups in total. The van der Waals surface area contributed by atoms with Crippen LogP contribution in [0.25, 0.3) is 0 Å². The quantitative estimate of drug-likeness (QED) is 0.198. The lowest BCUT2D eigenvalue weighted by Crippen LogP contribution is -2.54. The summed E-state index contributed by atoms with van der Waals surface area (Å²) >= 11 is 7.81. The number of carbonyl (C=O) groups excluding carboxylic acids is 1. The maximum absolute atomic E-state index is 13.1. The van der Waals surface area contributed by atoms with Crippen LogP contribution in [-0.2, 0) is 4.79 Å². The molecule has 1 saturated carbocycles. The molecular weight excluding hydrogens is 556 g/mol. The number of piperidine rings is 1. The molecule has 2 saturated heterocycles. The minimum Gasteiger partial charge on any atom is -0.412 e. The Hall–Kier alpha value is -0.210. The number of unbranched alkanes of at least 4 members (excludes halogenated alkanes) is 1. The van der Waals surface area contributed by atoms with E-state index in [1.165, 1.54) is 50.5 Å². The Balaban J connectivity index is -0.00000108. The highest BCUT2D eigenvalue weighted by Crippen LogP contribution is 2.45. The molecule has 0 aromatic rings. The first kappa shape index (κ1) is 46.7. The Labute approximate surface area is 253 Å². The molecule has 0 spiro atoms. The van der Waals surface area contributed by atoms with Crippen molar-refractivity contribution in [3.8, 4) is 0 Å². The molecule has 10 nitrogen and oxygen atoms in total. The molecule has 2 heterocycles. The van der Waals surface area contributed by atoms with E-state index in [-0.39, 0.29) is 52.7 Å². The fourth-order valence-electron chi connectivity index (χ4n) is 6.77. The van der Waals surface area contributed by atoms with Gasteiger partial charge in [0.1, 0.15) is 0 Å². The third-order valence-electron chi connectivity index (χ3n) is 8.88. The predicted octanol–water partition coefficient (Wildman–Crippen LogP) is 1.49. The summed E-state index contributed by atoms with van der Waals surface area (Å²) in [5.41, 5.74) is 0.321. The van der Waals surface area contributed by atoms with E-state index in [1.54, 1.807) is 0 Å². The average molecular weight is 621 g/mol. The molecule has 12 heteroatoms. The van der Waals surface area contributed by atoms with Crippen molar-refractivity contribution in [2.24, 2.45) is 34.2 Å². The number of rotatable bonds is 11. The van der Waals surface area contributed by atoms with Crippen molar-refractivity contribution < 1.29 is 32.2 Å². The van der Waals surface area contributed by atoms with Crippen LogP contribution in [0.4, 0.5) is 0 Å². The Kier molecular flexibility index (Phi) is 26.1. The van der Waals surface area contributed by atoms with Crippen molar-refractivity contribution in [1.29, 1.82) is 0 Å². The first-order valence-corrected chi connectivity index (χ1v) is 15.4. The molecule has 3 fully saturated rings. The zero-order valence-electron chi connectivity index (χ0n) is 24.7. The van der Waals surface area contributed by atoms with E-state index < -0.39 is 0 Å².